The quantitative estimate of drug-likeness (QED) is 0.643. The topological polar surface area (TPSA) is 84.0 Å². The summed E-state index contributed by atoms with van der Waals surface area (Å²) in [6.45, 7) is 2.14. The van der Waals surface area contributed by atoms with Crippen molar-refractivity contribution >= 4 is 45.3 Å². The Morgan fingerprint density at radius 2 is 2.17 bits per heavy atom. The van der Waals surface area contributed by atoms with Crippen LogP contribution in [0.4, 0.5) is 4.79 Å². The van der Waals surface area contributed by atoms with Gasteiger partial charge in [0, 0.05) is 11.4 Å². The van der Waals surface area contributed by atoms with E-state index in [0.29, 0.717) is 5.92 Å². The molecule has 24 heavy (non-hydrogen) atoms. The summed E-state index contributed by atoms with van der Waals surface area (Å²) in [5, 5.41) is 8.98. The van der Waals surface area contributed by atoms with Crippen LogP contribution in [0.15, 0.2) is 22.8 Å². The molecule has 2 N–H and O–H groups in total. The molecule has 128 valence electrons. The van der Waals surface area contributed by atoms with E-state index in [1.165, 1.54) is 35.8 Å². The Morgan fingerprint density at radius 3 is 3.00 bits per heavy atom. The highest BCUT2D eigenvalue weighted by Gasteiger charge is 2.23. The van der Waals surface area contributed by atoms with Crippen molar-refractivity contribution in [3.63, 3.8) is 0 Å². The number of amides is 3. The minimum atomic E-state index is -0.400. The SMILES string of the molecule is C[C@@H]1CCCC[C@H]1NC(=O)NC(=O)CSc1ncnc2sccc12. The fourth-order valence-corrected chi connectivity index (χ4v) is 4.49. The van der Waals surface area contributed by atoms with Crippen LogP contribution in [0.25, 0.3) is 10.2 Å². The van der Waals surface area contributed by atoms with Gasteiger partial charge in [-0.3, -0.25) is 10.1 Å². The molecule has 1 aliphatic carbocycles. The summed E-state index contributed by atoms with van der Waals surface area (Å²) in [5.74, 6) is 0.292. The molecule has 3 amide bonds. The number of carbonyl (C=O) groups is 2. The molecule has 3 rings (SSSR count). The standard InChI is InChI=1S/C16H20N4O2S2/c1-10-4-2-3-5-12(10)19-16(22)20-13(21)8-24-15-11-6-7-23-14(11)17-9-18-15/h6-7,9-10,12H,2-5,8H2,1H3,(H2,19,20,21,22)/t10-,12-/m1/s1. The third kappa shape index (κ3) is 4.24. The summed E-state index contributed by atoms with van der Waals surface area (Å²) in [7, 11) is 0. The molecule has 0 unspecified atom stereocenters. The Bertz CT molecular complexity index is 734. The molecular weight excluding hydrogens is 344 g/mol. The molecule has 2 heterocycles. The molecule has 0 bridgehead atoms. The molecule has 6 nitrogen and oxygen atoms in total. The van der Waals surface area contributed by atoms with Gasteiger partial charge in [-0.2, -0.15) is 0 Å². The molecule has 0 aliphatic heterocycles. The number of imide groups is 1. The Balaban J connectivity index is 1.48. The van der Waals surface area contributed by atoms with E-state index < -0.39 is 6.03 Å². The first-order chi connectivity index (χ1) is 11.6. The second kappa shape index (κ2) is 7.94. The highest BCUT2D eigenvalue weighted by atomic mass is 32.2. The van der Waals surface area contributed by atoms with Crippen LogP contribution in [-0.4, -0.2) is 33.7 Å². The van der Waals surface area contributed by atoms with Gasteiger partial charge in [0.05, 0.1) is 5.75 Å². The normalized spacial score (nSPS) is 20.7. The van der Waals surface area contributed by atoms with Crippen LogP contribution >= 0.6 is 23.1 Å². The average molecular weight is 364 g/mol. The van der Waals surface area contributed by atoms with E-state index in [1.54, 1.807) is 0 Å². The molecule has 0 saturated heterocycles. The maximum absolute atomic E-state index is 12.0. The van der Waals surface area contributed by atoms with Crippen LogP contribution in [0, 0.1) is 5.92 Å². The molecule has 8 heteroatoms. The third-order valence-electron chi connectivity index (χ3n) is 4.25. The molecule has 1 saturated carbocycles. The minimum absolute atomic E-state index is 0.148. The Hall–Kier alpha value is -1.67. The van der Waals surface area contributed by atoms with E-state index in [1.807, 2.05) is 11.4 Å². The Kier molecular flexibility index (Phi) is 5.68. The van der Waals surface area contributed by atoms with Gasteiger partial charge in [-0.15, -0.1) is 11.3 Å². The lowest BCUT2D eigenvalue weighted by Gasteiger charge is -2.29. The lowest BCUT2D eigenvalue weighted by atomic mass is 9.86. The van der Waals surface area contributed by atoms with E-state index in [2.05, 4.69) is 27.5 Å². The number of fused-ring (bicyclic) bond motifs is 1. The number of thiophene rings is 1. The maximum atomic E-state index is 12.0. The van der Waals surface area contributed by atoms with Crippen molar-refractivity contribution in [3.8, 4) is 0 Å². The van der Waals surface area contributed by atoms with E-state index in [9.17, 15) is 9.59 Å². The first-order valence-corrected chi connectivity index (χ1v) is 9.91. The van der Waals surface area contributed by atoms with Crippen molar-refractivity contribution in [2.24, 2.45) is 5.92 Å². The summed E-state index contributed by atoms with van der Waals surface area (Å²) >= 11 is 2.85. The second-order valence-corrected chi connectivity index (χ2v) is 7.86. The smallest absolute Gasteiger partial charge is 0.321 e. The van der Waals surface area contributed by atoms with E-state index in [0.717, 1.165) is 34.5 Å². The van der Waals surface area contributed by atoms with Crippen molar-refractivity contribution in [1.29, 1.82) is 0 Å². The maximum Gasteiger partial charge on any atom is 0.321 e. The van der Waals surface area contributed by atoms with Crippen LogP contribution in [0.1, 0.15) is 32.6 Å². The van der Waals surface area contributed by atoms with Gasteiger partial charge in [0.2, 0.25) is 5.91 Å². The predicted molar refractivity (Wildman–Crippen MR) is 96.2 cm³/mol. The fourth-order valence-electron chi connectivity index (χ4n) is 2.91. The number of carbonyl (C=O) groups excluding carboxylic acids is 2. The number of aromatic nitrogens is 2. The Morgan fingerprint density at radius 1 is 1.33 bits per heavy atom. The zero-order valence-electron chi connectivity index (χ0n) is 13.4. The number of urea groups is 1. The van der Waals surface area contributed by atoms with Gasteiger partial charge in [-0.25, -0.2) is 14.8 Å². The molecular formula is C16H20N4O2S2. The predicted octanol–water partition coefficient (Wildman–Crippen LogP) is 3.19. The van der Waals surface area contributed by atoms with Crippen molar-refractivity contribution in [3.05, 3.63) is 17.8 Å². The molecule has 0 radical (unpaired) electrons. The number of rotatable bonds is 4. The van der Waals surface area contributed by atoms with Crippen LogP contribution in [0.2, 0.25) is 0 Å². The highest BCUT2D eigenvalue weighted by Crippen LogP contribution is 2.27. The lowest BCUT2D eigenvalue weighted by Crippen LogP contribution is -2.48. The van der Waals surface area contributed by atoms with Crippen molar-refractivity contribution < 1.29 is 9.59 Å². The largest absolute Gasteiger partial charge is 0.335 e. The van der Waals surface area contributed by atoms with Gasteiger partial charge in [-0.05, 0) is 30.2 Å². The van der Waals surface area contributed by atoms with Crippen molar-refractivity contribution in [1.82, 2.24) is 20.6 Å². The summed E-state index contributed by atoms with van der Waals surface area (Å²) in [6.07, 6.45) is 5.94. The van der Waals surface area contributed by atoms with Crippen LogP contribution in [-0.2, 0) is 4.79 Å². The molecule has 0 aromatic carbocycles. The van der Waals surface area contributed by atoms with Gasteiger partial charge in [-0.1, -0.05) is 31.5 Å². The summed E-state index contributed by atoms with van der Waals surface area (Å²) in [4.78, 5) is 33.3. The van der Waals surface area contributed by atoms with Gasteiger partial charge in [0.25, 0.3) is 0 Å². The zero-order chi connectivity index (χ0) is 16.9. The summed E-state index contributed by atoms with van der Waals surface area (Å²) < 4.78 is 0. The molecule has 2 aromatic rings. The lowest BCUT2D eigenvalue weighted by molar-refractivity contribution is -0.117. The van der Waals surface area contributed by atoms with E-state index >= 15 is 0 Å². The second-order valence-electron chi connectivity index (χ2n) is 6.00. The molecule has 1 aliphatic rings. The Labute approximate surface area is 148 Å². The molecule has 0 spiro atoms. The van der Waals surface area contributed by atoms with Crippen LogP contribution in [0.5, 0.6) is 0 Å². The van der Waals surface area contributed by atoms with Gasteiger partial charge >= 0.3 is 6.03 Å². The average Bonchev–Trinajstić information content (AvgIpc) is 3.04. The number of nitrogens with zero attached hydrogens (tertiary/aromatic N) is 2. The molecule has 2 atom stereocenters. The molecule has 2 aromatic heterocycles. The van der Waals surface area contributed by atoms with Gasteiger partial charge < -0.3 is 5.32 Å². The summed E-state index contributed by atoms with van der Waals surface area (Å²) in [6, 6.07) is 1.70. The van der Waals surface area contributed by atoms with Crippen LogP contribution in [0.3, 0.4) is 0 Å². The number of hydrogen-bond acceptors (Lipinski definition) is 6. The highest BCUT2D eigenvalue weighted by molar-refractivity contribution is 8.00. The monoisotopic (exact) mass is 364 g/mol. The van der Waals surface area contributed by atoms with Crippen LogP contribution < -0.4 is 10.6 Å². The molecule has 1 fully saturated rings. The number of nitrogens with one attached hydrogen (secondary N) is 2. The van der Waals surface area contributed by atoms with E-state index in [4.69, 9.17) is 0 Å². The first-order valence-electron chi connectivity index (χ1n) is 8.05. The first kappa shape index (κ1) is 17.2. The van der Waals surface area contributed by atoms with E-state index in [-0.39, 0.29) is 17.7 Å². The van der Waals surface area contributed by atoms with Crippen molar-refractivity contribution in [2.75, 3.05) is 5.75 Å². The number of thioether (sulfide) groups is 1. The number of hydrogen-bond donors (Lipinski definition) is 2. The van der Waals surface area contributed by atoms with Gasteiger partial charge in [0.1, 0.15) is 16.2 Å². The summed E-state index contributed by atoms with van der Waals surface area (Å²) in [5.41, 5.74) is 0. The fraction of sp³-hybridized carbons (Fsp3) is 0.500. The minimum Gasteiger partial charge on any atom is -0.335 e. The van der Waals surface area contributed by atoms with Gasteiger partial charge in [0.15, 0.2) is 0 Å². The third-order valence-corrected chi connectivity index (χ3v) is 6.07. The van der Waals surface area contributed by atoms with Crippen molar-refractivity contribution in [2.45, 2.75) is 43.7 Å². The zero-order valence-corrected chi connectivity index (χ0v) is 15.1.